The van der Waals surface area contributed by atoms with Gasteiger partial charge in [0.1, 0.15) is 0 Å². The van der Waals surface area contributed by atoms with E-state index in [-0.39, 0.29) is 6.61 Å². The summed E-state index contributed by atoms with van der Waals surface area (Å²) >= 11 is 0. The number of piperidine rings is 1. The maximum atomic E-state index is 8.58. The fraction of sp³-hybridized carbons (Fsp3) is 1.00. The Morgan fingerprint density at radius 1 is 1.36 bits per heavy atom. The summed E-state index contributed by atoms with van der Waals surface area (Å²) in [5, 5.41) is 8.58. The van der Waals surface area contributed by atoms with E-state index in [1.165, 1.54) is 25.9 Å². The lowest BCUT2D eigenvalue weighted by molar-refractivity contribution is 0.0415. The van der Waals surface area contributed by atoms with Crippen LogP contribution in [0.1, 0.15) is 26.7 Å². The quantitative estimate of drug-likeness (QED) is 0.676. The zero-order valence-corrected chi connectivity index (χ0v) is 9.41. The molecule has 1 N–H and O–H groups in total. The topological polar surface area (TPSA) is 32.7 Å². The zero-order chi connectivity index (χ0) is 10.4. The van der Waals surface area contributed by atoms with Gasteiger partial charge in [-0.3, -0.25) is 0 Å². The molecule has 0 unspecified atom stereocenters. The molecule has 0 aromatic heterocycles. The van der Waals surface area contributed by atoms with Gasteiger partial charge in [0.25, 0.3) is 0 Å². The van der Waals surface area contributed by atoms with Crippen molar-refractivity contribution < 1.29 is 9.84 Å². The van der Waals surface area contributed by atoms with Crippen LogP contribution in [0.2, 0.25) is 0 Å². The predicted molar refractivity (Wildman–Crippen MR) is 57.3 cm³/mol. The largest absolute Gasteiger partial charge is 0.394 e. The monoisotopic (exact) mass is 201 g/mol. The smallest absolute Gasteiger partial charge is 0.0697 e. The molecular formula is C11H23NO2. The van der Waals surface area contributed by atoms with Crippen LogP contribution in [0.25, 0.3) is 0 Å². The van der Waals surface area contributed by atoms with Crippen molar-refractivity contribution in [3.05, 3.63) is 0 Å². The number of hydrogen-bond donors (Lipinski definition) is 1. The third-order valence-electron chi connectivity index (χ3n) is 2.97. The fourth-order valence-electron chi connectivity index (χ4n) is 1.95. The van der Waals surface area contributed by atoms with Crippen molar-refractivity contribution in [3.63, 3.8) is 0 Å². The number of nitrogens with zero attached hydrogens (tertiary/aromatic N) is 1. The molecule has 0 saturated carbocycles. The van der Waals surface area contributed by atoms with Gasteiger partial charge in [0.05, 0.1) is 13.2 Å². The van der Waals surface area contributed by atoms with Crippen molar-refractivity contribution in [1.29, 1.82) is 0 Å². The number of rotatable bonds is 5. The second-order valence-corrected chi connectivity index (χ2v) is 4.37. The highest BCUT2D eigenvalue weighted by molar-refractivity contribution is 4.74. The molecule has 1 rings (SSSR count). The summed E-state index contributed by atoms with van der Waals surface area (Å²) in [6.07, 6.45) is 2.48. The van der Waals surface area contributed by atoms with Crippen molar-refractivity contribution in [2.24, 2.45) is 5.92 Å². The molecule has 1 fully saturated rings. The summed E-state index contributed by atoms with van der Waals surface area (Å²) in [5.41, 5.74) is 0. The Hall–Kier alpha value is -0.120. The minimum atomic E-state index is 0.144. The molecule has 0 amide bonds. The first-order valence-corrected chi connectivity index (χ1v) is 5.66. The van der Waals surface area contributed by atoms with Crippen LogP contribution in [0, 0.1) is 5.92 Å². The summed E-state index contributed by atoms with van der Waals surface area (Å²) in [4.78, 5) is 2.52. The van der Waals surface area contributed by atoms with Crippen LogP contribution >= 0.6 is 0 Å². The third-order valence-corrected chi connectivity index (χ3v) is 2.97. The van der Waals surface area contributed by atoms with Crippen molar-refractivity contribution in [3.8, 4) is 0 Å². The fourth-order valence-corrected chi connectivity index (χ4v) is 1.95. The molecule has 0 aliphatic carbocycles. The molecule has 0 spiro atoms. The summed E-state index contributed by atoms with van der Waals surface area (Å²) < 4.78 is 5.35. The van der Waals surface area contributed by atoms with Gasteiger partial charge in [-0.05, 0) is 45.7 Å². The second-order valence-electron chi connectivity index (χ2n) is 4.37. The number of hydrogen-bond acceptors (Lipinski definition) is 3. The average molecular weight is 201 g/mol. The minimum Gasteiger partial charge on any atom is -0.394 e. The van der Waals surface area contributed by atoms with Gasteiger partial charge in [-0.2, -0.15) is 0 Å². The maximum absolute atomic E-state index is 8.58. The molecule has 0 bridgehead atoms. The molecule has 0 aromatic carbocycles. The molecule has 1 saturated heterocycles. The van der Waals surface area contributed by atoms with E-state index in [0.29, 0.717) is 18.6 Å². The summed E-state index contributed by atoms with van der Waals surface area (Å²) in [5.74, 6) is 0.705. The molecule has 1 aliphatic heterocycles. The summed E-state index contributed by atoms with van der Waals surface area (Å²) in [7, 11) is 0. The minimum absolute atomic E-state index is 0.144. The van der Waals surface area contributed by atoms with Crippen LogP contribution in [0.4, 0.5) is 0 Å². The van der Waals surface area contributed by atoms with E-state index in [9.17, 15) is 0 Å². The van der Waals surface area contributed by atoms with E-state index >= 15 is 0 Å². The van der Waals surface area contributed by atoms with Crippen LogP contribution in [0.3, 0.4) is 0 Å². The van der Waals surface area contributed by atoms with Crippen molar-refractivity contribution in [2.45, 2.75) is 32.7 Å². The molecule has 3 heteroatoms. The van der Waals surface area contributed by atoms with Crippen LogP contribution in [-0.2, 0) is 4.74 Å². The zero-order valence-electron chi connectivity index (χ0n) is 9.41. The average Bonchev–Trinajstić information content (AvgIpc) is 2.19. The highest BCUT2D eigenvalue weighted by Gasteiger charge is 2.20. The van der Waals surface area contributed by atoms with Gasteiger partial charge >= 0.3 is 0 Å². The van der Waals surface area contributed by atoms with E-state index in [0.717, 1.165) is 6.61 Å². The predicted octanol–water partition coefficient (Wildman–Crippen LogP) is 1.12. The van der Waals surface area contributed by atoms with Gasteiger partial charge in [0.15, 0.2) is 0 Å². The normalized spacial score (nSPS) is 20.6. The van der Waals surface area contributed by atoms with E-state index in [1.54, 1.807) is 0 Å². The number of aliphatic hydroxyl groups excluding tert-OH is 1. The van der Waals surface area contributed by atoms with E-state index in [4.69, 9.17) is 9.84 Å². The molecule has 0 aromatic rings. The van der Waals surface area contributed by atoms with Gasteiger partial charge in [-0.25, -0.2) is 0 Å². The second kappa shape index (κ2) is 6.38. The molecule has 0 radical (unpaired) electrons. The number of ether oxygens (including phenoxy) is 1. The Kier molecular flexibility index (Phi) is 5.45. The molecule has 0 atom stereocenters. The van der Waals surface area contributed by atoms with E-state index in [2.05, 4.69) is 18.7 Å². The van der Waals surface area contributed by atoms with Gasteiger partial charge in [-0.15, -0.1) is 0 Å². The van der Waals surface area contributed by atoms with Gasteiger partial charge in [0, 0.05) is 12.6 Å². The lowest BCUT2D eigenvalue weighted by Gasteiger charge is -2.34. The highest BCUT2D eigenvalue weighted by Crippen LogP contribution is 2.18. The first-order chi connectivity index (χ1) is 6.74. The van der Waals surface area contributed by atoms with E-state index < -0.39 is 0 Å². The molecule has 84 valence electrons. The number of aliphatic hydroxyl groups is 1. The number of likely N-dealkylation sites (tertiary alicyclic amines) is 1. The summed E-state index contributed by atoms with van der Waals surface area (Å²) in [6.45, 7) is 8.36. The highest BCUT2D eigenvalue weighted by atomic mass is 16.5. The first-order valence-electron chi connectivity index (χ1n) is 5.66. The Morgan fingerprint density at radius 2 is 2.00 bits per heavy atom. The maximum Gasteiger partial charge on any atom is 0.0697 e. The van der Waals surface area contributed by atoms with Crippen molar-refractivity contribution in [1.82, 2.24) is 4.90 Å². The van der Waals surface area contributed by atoms with Gasteiger partial charge < -0.3 is 14.7 Å². The van der Waals surface area contributed by atoms with E-state index in [1.807, 2.05) is 0 Å². The van der Waals surface area contributed by atoms with Crippen molar-refractivity contribution >= 4 is 0 Å². The SMILES string of the molecule is CC(C)N1CCC(COCCO)CC1. The molecule has 3 nitrogen and oxygen atoms in total. The van der Waals surface area contributed by atoms with Crippen LogP contribution in [0.5, 0.6) is 0 Å². The Labute approximate surface area is 87.1 Å². The molecule has 1 heterocycles. The Bertz CT molecular complexity index is 142. The van der Waals surface area contributed by atoms with Crippen LogP contribution < -0.4 is 0 Å². The Balaban J connectivity index is 2.09. The van der Waals surface area contributed by atoms with Gasteiger partial charge in [0.2, 0.25) is 0 Å². The van der Waals surface area contributed by atoms with Crippen LogP contribution in [-0.4, -0.2) is 49.0 Å². The Morgan fingerprint density at radius 3 is 2.50 bits per heavy atom. The summed E-state index contributed by atoms with van der Waals surface area (Å²) in [6, 6.07) is 0.675. The standard InChI is InChI=1S/C11H23NO2/c1-10(2)12-5-3-11(4-6-12)9-14-8-7-13/h10-11,13H,3-9H2,1-2H3. The van der Waals surface area contributed by atoms with Gasteiger partial charge in [-0.1, -0.05) is 0 Å². The first kappa shape index (κ1) is 12.0. The third kappa shape index (κ3) is 3.95. The van der Waals surface area contributed by atoms with Crippen LogP contribution in [0.15, 0.2) is 0 Å². The lowest BCUT2D eigenvalue weighted by Crippen LogP contribution is -2.39. The lowest BCUT2D eigenvalue weighted by atomic mass is 9.97. The molecule has 14 heavy (non-hydrogen) atoms. The molecule has 1 aliphatic rings. The molecular weight excluding hydrogens is 178 g/mol. The van der Waals surface area contributed by atoms with Crippen molar-refractivity contribution in [2.75, 3.05) is 32.9 Å².